The summed E-state index contributed by atoms with van der Waals surface area (Å²) in [4.78, 5) is 23.7. The van der Waals surface area contributed by atoms with Gasteiger partial charge in [-0.15, -0.1) is 11.8 Å². The molecule has 1 aliphatic rings. The summed E-state index contributed by atoms with van der Waals surface area (Å²) in [6.45, 7) is 6.22. The number of furan rings is 1. The van der Waals surface area contributed by atoms with E-state index >= 15 is 0 Å². The third-order valence-corrected chi connectivity index (χ3v) is 5.86. The van der Waals surface area contributed by atoms with E-state index in [1.165, 1.54) is 31.7 Å². The van der Waals surface area contributed by atoms with Crippen LogP contribution in [0.25, 0.3) is 0 Å². The van der Waals surface area contributed by atoms with E-state index in [2.05, 4.69) is 19.2 Å². The molecule has 0 radical (unpaired) electrons. The molecule has 1 aromatic rings. The summed E-state index contributed by atoms with van der Waals surface area (Å²) in [7, 11) is 1.35. The Bertz CT molecular complexity index is 584. The van der Waals surface area contributed by atoms with Crippen molar-refractivity contribution in [1.29, 1.82) is 0 Å². The highest BCUT2D eigenvalue weighted by molar-refractivity contribution is 7.99. The van der Waals surface area contributed by atoms with E-state index in [9.17, 15) is 9.59 Å². The highest BCUT2D eigenvalue weighted by atomic mass is 32.2. The number of aryl methyl sites for hydroxylation is 1. The second-order valence-electron chi connectivity index (χ2n) is 6.61. The second-order valence-corrected chi connectivity index (χ2v) is 7.59. The Hall–Kier alpha value is -1.43. The molecule has 1 fully saturated rings. The molecule has 1 heterocycles. The van der Waals surface area contributed by atoms with Gasteiger partial charge in [-0.25, -0.2) is 4.79 Å². The van der Waals surface area contributed by atoms with Crippen molar-refractivity contribution < 1.29 is 18.7 Å². The van der Waals surface area contributed by atoms with Crippen molar-refractivity contribution in [1.82, 2.24) is 5.32 Å². The lowest BCUT2D eigenvalue weighted by Crippen LogP contribution is -2.44. The van der Waals surface area contributed by atoms with Gasteiger partial charge in [-0.3, -0.25) is 4.79 Å². The van der Waals surface area contributed by atoms with Crippen molar-refractivity contribution in [2.45, 2.75) is 51.8 Å². The third kappa shape index (κ3) is 4.79. The van der Waals surface area contributed by atoms with Crippen LogP contribution in [0.15, 0.2) is 10.5 Å². The number of nitrogens with one attached hydrogen (secondary N) is 1. The van der Waals surface area contributed by atoms with Gasteiger partial charge in [-0.2, -0.15) is 0 Å². The maximum Gasteiger partial charge on any atom is 0.341 e. The van der Waals surface area contributed by atoms with Gasteiger partial charge in [-0.1, -0.05) is 26.7 Å². The molecule has 0 bridgehead atoms. The van der Waals surface area contributed by atoms with Crippen molar-refractivity contribution in [2.75, 3.05) is 12.9 Å². The van der Waals surface area contributed by atoms with Crippen LogP contribution in [0.4, 0.5) is 0 Å². The van der Waals surface area contributed by atoms with Crippen molar-refractivity contribution in [2.24, 2.45) is 11.8 Å². The third-order valence-electron chi connectivity index (χ3n) is 4.90. The summed E-state index contributed by atoms with van der Waals surface area (Å²) in [5.41, 5.74) is 0.447. The SMILES string of the molecule is COC(=O)c1cc(CSCC(=O)N[C@@H]2CCC[C@@H](C)[C@@H]2C)oc1C. The van der Waals surface area contributed by atoms with Gasteiger partial charge < -0.3 is 14.5 Å². The molecule has 0 unspecified atom stereocenters. The Kier molecular flexibility index (Phi) is 6.78. The fourth-order valence-electron chi connectivity index (χ4n) is 3.21. The smallest absolute Gasteiger partial charge is 0.341 e. The molecule has 1 aromatic heterocycles. The molecule has 3 atom stereocenters. The summed E-state index contributed by atoms with van der Waals surface area (Å²) in [6.07, 6.45) is 3.51. The number of esters is 1. The van der Waals surface area contributed by atoms with E-state index in [4.69, 9.17) is 9.15 Å². The number of carbonyl (C=O) groups excluding carboxylic acids is 2. The normalized spacial score (nSPS) is 23.8. The summed E-state index contributed by atoms with van der Waals surface area (Å²) >= 11 is 1.49. The van der Waals surface area contributed by atoms with Crippen LogP contribution in [-0.4, -0.2) is 30.8 Å². The zero-order chi connectivity index (χ0) is 17.7. The van der Waals surface area contributed by atoms with Crippen LogP contribution >= 0.6 is 11.8 Å². The van der Waals surface area contributed by atoms with Crippen molar-refractivity contribution >= 4 is 23.6 Å². The van der Waals surface area contributed by atoms with E-state index in [0.29, 0.717) is 46.5 Å². The van der Waals surface area contributed by atoms with Gasteiger partial charge in [0.15, 0.2) is 0 Å². The average molecular weight is 353 g/mol. The zero-order valence-corrected chi connectivity index (χ0v) is 15.7. The molecule has 1 amide bonds. The minimum absolute atomic E-state index is 0.0717. The maximum absolute atomic E-state index is 12.1. The van der Waals surface area contributed by atoms with Crippen LogP contribution in [0.3, 0.4) is 0 Å². The van der Waals surface area contributed by atoms with Gasteiger partial charge in [0.25, 0.3) is 0 Å². The molecule has 1 N–H and O–H groups in total. The molecule has 1 saturated carbocycles. The molecular formula is C18H27NO4S. The summed E-state index contributed by atoms with van der Waals surface area (Å²) < 4.78 is 10.3. The van der Waals surface area contributed by atoms with E-state index < -0.39 is 5.97 Å². The minimum Gasteiger partial charge on any atom is -0.465 e. The fraction of sp³-hybridized carbons (Fsp3) is 0.667. The van der Waals surface area contributed by atoms with Gasteiger partial charge in [0.1, 0.15) is 17.1 Å². The molecule has 2 rings (SSSR count). The predicted octanol–water partition coefficient (Wildman–Crippen LogP) is 3.55. The van der Waals surface area contributed by atoms with E-state index in [-0.39, 0.29) is 5.91 Å². The van der Waals surface area contributed by atoms with Crippen LogP contribution in [0, 0.1) is 18.8 Å². The second kappa shape index (κ2) is 8.60. The Morgan fingerprint density at radius 2 is 2.12 bits per heavy atom. The van der Waals surface area contributed by atoms with Crippen LogP contribution in [0.5, 0.6) is 0 Å². The zero-order valence-electron chi connectivity index (χ0n) is 14.9. The fourth-order valence-corrected chi connectivity index (χ4v) is 3.92. The van der Waals surface area contributed by atoms with Gasteiger partial charge in [0, 0.05) is 6.04 Å². The number of hydrogen-bond acceptors (Lipinski definition) is 5. The maximum atomic E-state index is 12.1. The quantitative estimate of drug-likeness (QED) is 0.792. The number of ether oxygens (including phenoxy) is 1. The monoisotopic (exact) mass is 353 g/mol. The first kappa shape index (κ1) is 18.9. The molecule has 1 aliphatic carbocycles. The highest BCUT2D eigenvalue weighted by Gasteiger charge is 2.28. The summed E-state index contributed by atoms with van der Waals surface area (Å²) in [5.74, 6) is 3.06. The van der Waals surface area contributed by atoms with Crippen molar-refractivity contribution in [3.63, 3.8) is 0 Å². The molecule has 24 heavy (non-hydrogen) atoms. The average Bonchev–Trinajstić information content (AvgIpc) is 2.92. The van der Waals surface area contributed by atoms with Gasteiger partial charge in [0.2, 0.25) is 5.91 Å². The number of amides is 1. The molecule has 0 aromatic carbocycles. The molecule has 0 spiro atoms. The van der Waals surface area contributed by atoms with Gasteiger partial charge in [0.05, 0.1) is 18.6 Å². The molecule has 6 heteroatoms. The van der Waals surface area contributed by atoms with Crippen LogP contribution < -0.4 is 5.32 Å². The van der Waals surface area contributed by atoms with Crippen molar-refractivity contribution in [3.8, 4) is 0 Å². The Morgan fingerprint density at radius 1 is 1.38 bits per heavy atom. The Labute approximate surface area is 147 Å². The first-order chi connectivity index (χ1) is 11.4. The predicted molar refractivity (Wildman–Crippen MR) is 95.1 cm³/mol. The number of thioether (sulfide) groups is 1. The number of carbonyl (C=O) groups is 2. The largest absolute Gasteiger partial charge is 0.465 e. The van der Waals surface area contributed by atoms with Gasteiger partial charge in [-0.05, 0) is 31.2 Å². The molecule has 0 saturated heterocycles. The van der Waals surface area contributed by atoms with E-state index in [1.54, 1.807) is 13.0 Å². The minimum atomic E-state index is -0.398. The molecular weight excluding hydrogens is 326 g/mol. The molecule has 5 nitrogen and oxygen atoms in total. The Balaban J connectivity index is 1.77. The lowest BCUT2D eigenvalue weighted by Gasteiger charge is -2.34. The highest BCUT2D eigenvalue weighted by Crippen LogP contribution is 2.29. The standard InChI is InChI=1S/C18H27NO4S/c1-11-6-5-7-16(12(11)2)19-17(20)10-24-9-14-8-15(13(3)23-14)18(21)22-4/h8,11-12,16H,5-7,9-10H2,1-4H3,(H,19,20)/t11-,12+,16-/m1/s1. The number of rotatable bonds is 6. The van der Waals surface area contributed by atoms with Gasteiger partial charge >= 0.3 is 5.97 Å². The Morgan fingerprint density at radius 3 is 2.83 bits per heavy atom. The van der Waals surface area contributed by atoms with Crippen molar-refractivity contribution in [3.05, 3.63) is 23.2 Å². The van der Waals surface area contributed by atoms with Crippen LogP contribution in [0.2, 0.25) is 0 Å². The first-order valence-corrected chi connectivity index (χ1v) is 9.62. The number of methoxy groups -OCH3 is 1. The number of hydrogen-bond donors (Lipinski definition) is 1. The molecule has 0 aliphatic heterocycles. The van der Waals surface area contributed by atoms with E-state index in [0.717, 1.165) is 6.42 Å². The first-order valence-electron chi connectivity index (χ1n) is 8.47. The molecule has 134 valence electrons. The lowest BCUT2D eigenvalue weighted by atomic mass is 9.78. The van der Waals surface area contributed by atoms with Crippen LogP contribution in [-0.2, 0) is 15.3 Å². The van der Waals surface area contributed by atoms with Crippen LogP contribution in [0.1, 0.15) is 55.0 Å². The lowest BCUT2D eigenvalue weighted by molar-refractivity contribution is -0.120. The topological polar surface area (TPSA) is 68.5 Å². The summed E-state index contributed by atoms with van der Waals surface area (Å²) in [5, 5.41) is 3.16. The summed E-state index contributed by atoms with van der Waals surface area (Å²) in [6, 6.07) is 1.98. The van der Waals surface area contributed by atoms with E-state index in [1.807, 2.05) is 0 Å².